The van der Waals surface area contributed by atoms with Crippen LogP contribution in [0.3, 0.4) is 0 Å². The molecule has 0 aliphatic carbocycles. The summed E-state index contributed by atoms with van der Waals surface area (Å²) < 4.78 is 30.9. The van der Waals surface area contributed by atoms with Gasteiger partial charge in [0.05, 0.1) is 29.9 Å². The summed E-state index contributed by atoms with van der Waals surface area (Å²) in [5, 5.41) is 4.20. The third-order valence-electron chi connectivity index (χ3n) is 4.18. The molecule has 0 unspecified atom stereocenters. The lowest BCUT2D eigenvalue weighted by molar-refractivity contribution is 0.330. The summed E-state index contributed by atoms with van der Waals surface area (Å²) in [6.07, 6.45) is 5.44. The van der Waals surface area contributed by atoms with Crippen molar-refractivity contribution in [2.24, 2.45) is 0 Å². The highest BCUT2D eigenvalue weighted by atomic mass is 32.2. The number of hydrogen-bond donors (Lipinski definition) is 0. The number of fused-ring (bicyclic) bond motifs is 1. The van der Waals surface area contributed by atoms with E-state index in [1.165, 1.54) is 4.31 Å². The van der Waals surface area contributed by atoms with E-state index in [2.05, 4.69) is 14.6 Å². The number of hydrogen-bond acceptors (Lipinski definition) is 4. The van der Waals surface area contributed by atoms with E-state index in [9.17, 15) is 8.42 Å². The second-order valence-electron chi connectivity index (χ2n) is 5.67. The molecule has 3 heterocycles. The van der Waals surface area contributed by atoms with Crippen molar-refractivity contribution in [2.45, 2.75) is 24.5 Å². The summed E-state index contributed by atoms with van der Waals surface area (Å²) in [5.74, 6) is 0.767. The molecule has 1 aliphatic rings. The standard InChI is InChI=1S/C16H17N5O2S/c22-24(23,15-5-2-1-3-6-15)20-9-10-21-14(11-17-16(21)13-20)12-19-8-4-7-18-19/h1-8,11H,9-10,12-13H2. The average molecular weight is 343 g/mol. The van der Waals surface area contributed by atoms with Crippen LogP contribution in [0.2, 0.25) is 0 Å². The van der Waals surface area contributed by atoms with E-state index in [1.54, 1.807) is 36.7 Å². The Morgan fingerprint density at radius 3 is 2.67 bits per heavy atom. The molecule has 8 heteroatoms. The Labute approximate surface area is 140 Å². The predicted octanol–water partition coefficient (Wildman–Crippen LogP) is 1.33. The van der Waals surface area contributed by atoms with E-state index >= 15 is 0 Å². The van der Waals surface area contributed by atoms with Crippen molar-refractivity contribution in [3.8, 4) is 0 Å². The van der Waals surface area contributed by atoms with Crippen LogP contribution >= 0.6 is 0 Å². The number of aromatic nitrogens is 4. The molecule has 0 saturated heterocycles. The van der Waals surface area contributed by atoms with Gasteiger partial charge in [-0.3, -0.25) is 4.68 Å². The SMILES string of the molecule is O=S(=O)(c1ccccc1)N1CCn2c(Cn3cccn3)cnc2C1. The zero-order valence-electron chi connectivity index (χ0n) is 13.0. The Hall–Kier alpha value is -2.45. The summed E-state index contributed by atoms with van der Waals surface area (Å²) in [7, 11) is -3.48. The minimum absolute atomic E-state index is 0.288. The fourth-order valence-electron chi connectivity index (χ4n) is 2.93. The average Bonchev–Trinajstić information content (AvgIpc) is 3.26. The first-order valence-electron chi connectivity index (χ1n) is 7.70. The maximum atomic E-state index is 12.7. The lowest BCUT2D eigenvalue weighted by atomic mass is 10.4. The van der Waals surface area contributed by atoms with E-state index in [-0.39, 0.29) is 6.54 Å². The first-order valence-corrected chi connectivity index (χ1v) is 9.14. The van der Waals surface area contributed by atoms with Crippen molar-refractivity contribution in [1.82, 2.24) is 23.6 Å². The summed E-state index contributed by atoms with van der Waals surface area (Å²) in [6.45, 7) is 1.95. The molecule has 0 saturated carbocycles. The van der Waals surface area contributed by atoms with Crippen LogP contribution in [0.4, 0.5) is 0 Å². The molecular formula is C16H17N5O2S. The van der Waals surface area contributed by atoms with Crippen molar-refractivity contribution in [3.63, 3.8) is 0 Å². The molecule has 24 heavy (non-hydrogen) atoms. The van der Waals surface area contributed by atoms with Gasteiger partial charge in [-0.25, -0.2) is 13.4 Å². The monoisotopic (exact) mass is 343 g/mol. The van der Waals surface area contributed by atoms with E-state index in [0.29, 0.717) is 24.5 Å². The molecular weight excluding hydrogens is 326 g/mol. The third kappa shape index (κ3) is 2.63. The van der Waals surface area contributed by atoms with Gasteiger partial charge in [0.15, 0.2) is 0 Å². The van der Waals surface area contributed by atoms with Crippen LogP contribution in [0.15, 0.2) is 59.9 Å². The molecule has 4 rings (SSSR count). The van der Waals surface area contributed by atoms with Crippen LogP contribution in [0.1, 0.15) is 11.5 Å². The Morgan fingerprint density at radius 2 is 1.92 bits per heavy atom. The Kier molecular flexibility index (Phi) is 3.70. The van der Waals surface area contributed by atoms with Crippen molar-refractivity contribution in [3.05, 3.63) is 66.5 Å². The van der Waals surface area contributed by atoms with Gasteiger partial charge >= 0.3 is 0 Å². The quantitative estimate of drug-likeness (QED) is 0.716. The van der Waals surface area contributed by atoms with Gasteiger partial charge in [-0.1, -0.05) is 18.2 Å². The molecule has 1 aromatic carbocycles. The summed E-state index contributed by atoms with van der Waals surface area (Å²) in [5.41, 5.74) is 1.03. The van der Waals surface area contributed by atoms with Gasteiger partial charge < -0.3 is 4.57 Å². The molecule has 0 amide bonds. The first kappa shape index (κ1) is 15.1. The second-order valence-corrected chi connectivity index (χ2v) is 7.61. The van der Waals surface area contributed by atoms with E-state index in [1.807, 2.05) is 23.0 Å². The number of benzene rings is 1. The normalized spacial score (nSPS) is 15.3. The van der Waals surface area contributed by atoms with Crippen molar-refractivity contribution < 1.29 is 8.42 Å². The molecule has 7 nitrogen and oxygen atoms in total. The highest BCUT2D eigenvalue weighted by molar-refractivity contribution is 7.89. The van der Waals surface area contributed by atoms with Crippen LogP contribution in [0.25, 0.3) is 0 Å². The van der Waals surface area contributed by atoms with Gasteiger partial charge in [-0.05, 0) is 18.2 Å². The molecule has 0 fully saturated rings. The maximum Gasteiger partial charge on any atom is 0.243 e. The Balaban J connectivity index is 1.58. The Bertz CT molecular complexity index is 932. The van der Waals surface area contributed by atoms with Crippen LogP contribution in [0, 0.1) is 0 Å². The molecule has 1 aliphatic heterocycles. The summed E-state index contributed by atoms with van der Waals surface area (Å²) >= 11 is 0. The largest absolute Gasteiger partial charge is 0.328 e. The lowest BCUT2D eigenvalue weighted by Gasteiger charge is -2.28. The van der Waals surface area contributed by atoms with Crippen molar-refractivity contribution in [1.29, 1.82) is 0 Å². The van der Waals surface area contributed by atoms with Gasteiger partial charge in [0, 0.05) is 25.5 Å². The minimum Gasteiger partial charge on any atom is -0.328 e. The summed E-state index contributed by atoms with van der Waals surface area (Å²) in [6, 6.07) is 10.4. The highest BCUT2D eigenvalue weighted by Crippen LogP contribution is 2.22. The number of sulfonamides is 1. The molecule has 0 N–H and O–H groups in total. The number of nitrogens with zero attached hydrogens (tertiary/aromatic N) is 5. The molecule has 2 aromatic heterocycles. The van der Waals surface area contributed by atoms with Crippen molar-refractivity contribution in [2.75, 3.05) is 6.54 Å². The van der Waals surface area contributed by atoms with E-state index < -0.39 is 10.0 Å². The van der Waals surface area contributed by atoms with Crippen LogP contribution in [0.5, 0.6) is 0 Å². The highest BCUT2D eigenvalue weighted by Gasteiger charge is 2.29. The van der Waals surface area contributed by atoms with Gasteiger partial charge in [0.25, 0.3) is 0 Å². The maximum absolute atomic E-state index is 12.7. The molecule has 0 spiro atoms. The molecule has 124 valence electrons. The Morgan fingerprint density at radius 1 is 1.08 bits per heavy atom. The predicted molar refractivity (Wildman–Crippen MR) is 87.6 cm³/mol. The van der Waals surface area contributed by atoms with Gasteiger partial charge in [0.2, 0.25) is 10.0 Å². The van der Waals surface area contributed by atoms with Gasteiger partial charge in [-0.15, -0.1) is 0 Å². The zero-order chi connectivity index (χ0) is 16.6. The van der Waals surface area contributed by atoms with Crippen LogP contribution in [-0.4, -0.2) is 38.6 Å². The number of imidazole rings is 1. The van der Waals surface area contributed by atoms with Crippen LogP contribution < -0.4 is 0 Å². The zero-order valence-corrected chi connectivity index (χ0v) is 13.8. The topological polar surface area (TPSA) is 73.0 Å². The smallest absolute Gasteiger partial charge is 0.243 e. The third-order valence-corrected chi connectivity index (χ3v) is 6.04. The van der Waals surface area contributed by atoms with Gasteiger partial charge in [0.1, 0.15) is 5.82 Å². The van der Waals surface area contributed by atoms with Gasteiger partial charge in [-0.2, -0.15) is 9.40 Å². The molecule has 0 bridgehead atoms. The molecule has 0 atom stereocenters. The second kappa shape index (κ2) is 5.88. The van der Waals surface area contributed by atoms with Crippen LogP contribution in [-0.2, 0) is 29.7 Å². The van der Waals surface area contributed by atoms with Crippen molar-refractivity contribution >= 4 is 10.0 Å². The number of rotatable bonds is 4. The minimum atomic E-state index is -3.48. The van der Waals surface area contributed by atoms with E-state index in [0.717, 1.165) is 11.5 Å². The fraction of sp³-hybridized carbons (Fsp3) is 0.250. The summed E-state index contributed by atoms with van der Waals surface area (Å²) in [4.78, 5) is 4.73. The molecule has 0 radical (unpaired) electrons. The first-order chi connectivity index (χ1) is 11.6. The van der Waals surface area contributed by atoms with E-state index in [4.69, 9.17) is 0 Å². The molecule has 3 aromatic rings. The fourth-order valence-corrected chi connectivity index (χ4v) is 4.34. The lowest BCUT2D eigenvalue weighted by Crippen LogP contribution is -2.38.